The zero-order valence-corrected chi connectivity index (χ0v) is 12.2. The van der Waals surface area contributed by atoms with E-state index >= 15 is 0 Å². The van der Waals surface area contributed by atoms with E-state index in [1.165, 1.54) is 0 Å². The SMILES string of the molecule is COc1cc(NCc2cc(F)c(O)c(F)c2)ccc1Br. The summed E-state index contributed by atoms with van der Waals surface area (Å²) >= 11 is 3.33. The highest BCUT2D eigenvalue weighted by Gasteiger charge is 2.09. The molecule has 2 N–H and O–H groups in total. The van der Waals surface area contributed by atoms with Crippen LogP contribution in [0.4, 0.5) is 14.5 Å². The first-order valence-electron chi connectivity index (χ1n) is 5.75. The van der Waals surface area contributed by atoms with Crippen molar-refractivity contribution >= 4 is 21.6 Å². The number of nitrogens with one attached hydrogen (secondary N) is 1. The lowest BCUT2D eigenvalue weighted by Gasteiger charge is -2.10. The van der Waals surface area contributed by atoms with Gasteiger partial charge in [-0.1, -0.05) is 0 Å². The molecule has 2 rings (SSSR count). The van der Waals surface area contributed by atoms with Crippen molar-refractivity contribution in [2.24, 2.45) is 0 Å². The summed E-state index contributed by atoms with van der Waals surface area (Å²) in [6.07, 6.45) is 0. The number of phenols is 1. The highest BCUT2D eigenvalue weighted by molar-refractivity contribution is 9.10. The third-order valence-corrected chi connectivity index (χ3v) is 3.38. The lowest BCUT2D eigenvalue weighted by molar-refractivity contribution is 0.395. The van der Waals surface area contributed by atoms with E-state index in [1.54, 1.807) is 25.3 Å². The number of anilines is 1. The standard InChI is InChI=1S/C14H12BrF2NO2/c1-20-13-6-9(2-3-10(13)15)18-7-8-4-11(16)14(19)12(17)5-8/h2-6,18-19H,7H2,1H3. The minimum absolute atomic E-state index is 0.221. The lowest BCUT2D eigenvalue weighted by atomic mass is 10.2. The number of methoxy groups -OCH3 is 1. The highest BCUT2D eigenvalue weighted by atomic mass is 79.9. The molecule has 0 amide bonds. The van der Waals surface area contributed by atoms with E-state index in [-0.39, 0.29) is 6.54 Å². The van der Waals surface area contributed by atoms with Crippen LogP contribution in [0, 0.1) is 11.6 Å². The average Bonchev–Trinajstić information content (AvgIpc) is 2.43. The third kappa shape index (κ3) is 3.19. The normalized spacial score (nSPS) is 10.4. The molecule has 106 valence electrons. The van der Waals surface area contributed by atoms with Gasteiger partial charge in [-0.3, -0.25) is 0 Å². The average molecular weight is 344 g/mol. The number of ether oxygens (including phenoxy) is 1. The maximum atomic E-state index is 13.2. The number of hydrogen-bond donors (Lipinski definition) is 2. The smallest absolute Gasteiger partial charge is 0.187 e. The second kappa shape index (κ2) is 6.09. The summed E-state index contributed by atoms with van der Waals surface area (Å²) < 4.78 is 32.4. The van der Waals surface area contributed by atoms with Crippen LogP contribution in [0.25, 0.3) is 0 Å². The van der Waals surface area contributed by atoms with Gasteiger partial charge in [0, 0.05) is 18.3 Å². The van der Waals surface area contributed by atoms with Crippen LogP contribution in [0.5, 0.6) is 11.5 Å². The number of benzene rings is 2. The molecular weight excluding hydrogens is 332 g/mol. The monoisotopic (exact) mass is 343 g/mol. The predicted molar refractivity (Wildman–Crippen MR) is 76.0 cm³/mol. The Morgan fingerprint density at radius 2 is 1.85 bits per heavy atom. The Kier molecular flexibility index (Phi) is 4.44. The molecule has 0 aromatic heterocycles. The highest BCUT2D eigenvalue weighted by Crippen LogP contribution is 2.28. The van der Waals surface area contributed by atoms with E-state index in [1.807, 2.05) is 0 Å². The molecule has 0 unspecified atom stereocenters. The molecule has 0 fully saturated rings. The maximum absolute atomic E-state index is 13.2. The second-order valence-electron chi connectivity index (χ2n) is 4.11. The molecule has 0 bridgehead atoms. The topological polar surface area (TPSA) is 41.5 Å². The number of rotatable bonds is 4. The van der Waals surface area contributed by atoms with Gasteiger partial charge in [0.2, 0.25) is 0 Å². The van der Waals surface area contributed by atoms with Gasteiger partial charge in [-0.2, -0.15) is 0 Å². The summed E-state index contributed by atoms with van der Waals surface area (Å²) in [5, 5.41) is 12.0. The quantitative estimate of drug-likeness (QED) is 0.879. The molecule has 0 aliphatic heterocycles. The Morgan fingerprint density at radius 3 is 2.45 bits per heavy atom. The Morgan fingerprint density at radius 1 is 1.20 bits per heavy atom. The van der Waals surface area contributed by atoms with Gasteiger partial charge in [0.1, 0.15) is 5.75 Å². The van der Waals surface area contributed by atoms with Crippen LogP contribution in [0.3, 0.4) is 0 Å². The van der Waals surface area contributed by atoms with E-state index in [2.05, 4.69) is 21.2 Å². The largest absolute Gasteiger partial charge is 0.503 e. The minimum atomic E-state index is -0.977. The molecule has 2 aromatic rings. The Labute approximate surface area is 123 Å². The summed E-state index contributed by atoms with van der Waals surface area (Å²) in [5.41, 5.74) is 1.14. The van der Waals surface area contributed by atoms with Gasteiger partial charge >= 0.3 is 0 Å². The molecule has 3 nitrogen and oxygen atoms in total. The van der Waals surface area contributed by atoms with Crippen molar-refractivity contribution < 1.29 is 18.6 Å². The van der Waals surface area contributed by atoms with Crippen molar-refractivity contribution in [2.45, 2.75) is 6.54 Å². The fourth-order valence-electron chi connectivity index (χ4n) is 1.69. The number of halogens is 3. The van der Waals surface area contributed by atoms with E-state index < -0.39 is 17.4 Å². The van der Waals surface area contributed by atoms with Crippen molar-refractivity contribution in [1.82, 2.24) is 0 Å². The van der Waals surface area contributed by atoms with Crippen LogP contribution in [0.1, 0.15) is 5.56 Å². The van der Waals surface area contributed by atoms with Crippen molar-refractivity contribution in [1.29, 1.82) is 0 Å². The number of phenolic OH excluding ortho intramolecular Hbond substituents is 1. The first-order chi connectivity index (χ1) is 9.51. The molecular formula is C14H12BrF2NO2. The Hall–Kier alpha value is -1.82. The van der Waals surface area contributed by atoms with Gasteiger partial charge in [-0.25, -0.2) is 8.78 Å². The van der Waals surface area contributed by atoms with Gasteiger partial charge in [0.05, 0.1) is 11.6 Å². The van der Waals surface area contributed by atoms with E-state index in [4.69, 9.17) is 9.84 Å². The van der Waals surface area contributed by atoms with Gasteiger partial charge in [-0.15, -0.1) is 0 Å². The van der Waals surface area contributed by atoms with Crippen molar-refractivity contribution in [3.05, 3.63) is 52.0 Å². The van der Waals surface area contributed by atoms with Gasteiger partial charge in [0.15, 0.2) is 17.4 Å². The summed E-state index contributed by atoms with van der Waals surface area (Å²) in [4.78, 5) is 0. The first-order valence-corrected chi connectivity index (χ1v) is 6.55. The molecule has 0 aliphatic carbocycles. The molecule has 2 aromatic carbocycles. The summed E-state index contributed by atoms with van der Waals surface area (Å²) in [5.74, 6) is -2.26. The molecule has 0 heterocycles. The maximum Gasteiger partial charge on any atom is 0.187 e. The zero-order chi connectivity index (χ0) is 14.7. The van der Waals surface area contributed by atoms with Crippen LogP contribution in [-0.4, -0.2) is 12.2 Å². The third-order valence-electron chi connectivity index (χ3n) is 2.72. The Balaban J connectivity index is 2.13. The molecule has 0 saturated heterocycles. The van der Waals surface area contributed by atoms with Crippen LogP contribution in [0.15, 0.2) is 34.8 Å². The van der Waals surface area contributed by atoms with E-state index in [9.17, 15) is 8.78 Å². The van der Waals surface area contributed by atoms with Crippen LogP contribution >= 0.6 is 15.9 Å². The molecule has 6 heteroatoms. The van der Waals surface area contributed by atoms with Crippen LogP contribution < -0.4 is 10.1 Å². The van der Waals surface area contributed by atoms with Crippen molar-refractivity contribution in [2.75, 3.05) is 12.4 Å². The van der Waals surface area contributed by atoms with Gasteiger partial charge < -0.3 is 15.2 Å². The summed E-state index contributed by atoms with van der Waals surface area (Å²) in [7, 11) is 1.55. The van der Waals surface area contributed by atoms with E-state index in [0.717, 1.165) is 22.3 Å². The molecule has 0 radical (unpaired) electrons. The second-order valence-corrected chi connectivity index (χ2v) is 4.97. The number of hydrogen-bond acceptors (Lipinski definition) is 3. The molecule has 20 heavy (non-hydrogen) atoms. The van der Waals surface area contributed by atoms with Gasteiger partial charge in [0.25, 0.3) is 0 Å². The molecule has 0 aliphatic rings. The minimum Gasteiger partial charge on any atom is -0.503 e. The van der Waals surface area contributed by atoms with Crippen LogP contribution in [-0.2, 0) is 6.54 Å². The molecule has 0 saturated carbocycles. The molecule has 0 atom stereocenters. The molecule has 0 spiro atoms. The fraction of sp³-hybridized carbons (Fsp3) is 0.143. The van der Waals surface area contributed by atoms with Crippen molar-refractivity contribution in [3.8, 4) is 11.5 Å². The lowest BCUT2D eigenvalue weighted by Crippen LogP contribution is -2.01. The Bertz CT molecular complexity index is 612. The zero-order valence-electron chi connectivity index (χ0n) is 10.6. The van der Waals surface area contributed by atoms with E-state index in [0.29, 0.717) is 11.3 Å². The summed E-state index contributed by atoms with van der Waals surface area (Å²) in [6, 6.07) is 7.54. The fourth-order valence-corrected chi connectivity index (χ4v) is 2.10. The van der Waals surface area contributed by atoms with Crippen molar-refractivity contribution in [3.63, 3.8) is 0 Å². The van der Waals surface area contributed by atoms with Gasteiger partial charge in [-0.05, 0) is 45.8 Å². The first kappa shape index (κ1) is 14.6. The predicted octanol–water partition coefficient (Wildman–Crippen LogP) is 4.05. The van der Waals surface area contributed by atoms with Crippen LogP contribution in [0.2, 0.25) is 0 Å². The number of aromatic hydroxyl groups is 1. The summed E-state index contributed by atoms with van der Waals surface area (Å²) in [6.45, 7) is 0.221.